The number of benzene rings is 1. The zero-order valence-electron chi connectivity index (χ0n) is 8.63. The fourth-order valence-electron chi connectivity index (χ4n) is 1.13. The summed E-state index contributed by atoms with van der Waals surface area (Å²) in [6.45, 7) is 1.04. The van der Waals surface area contributed by atoms with E-state index in [2.05, 4.69) is 4.74 Å². The van der Waals surface area contributed by atoms with E-state index in [1.165, 1.54) is 18.2 Å². The third-order valence-corrected chi connectivity index (χ3v) is 2.21. The highest BCUT2D eigenvalue weighted by Gasteiger charge is 2.20. The van der Waals surface area contributed by atoms with Crippen molar-refractivity contribution in [3.63, 3.8) is 0 Å². The van der Waals surface area contributed by atoms with Crippen LogP contribution in [-0.4, -0.2) is 18.4 Å². The Labute approximate surface area is 97.2 Å². The van der Waals surface area contributed by atoms with Crippen LogP contribution in [0.25, 0.3) is 0 Å². The van der Waals surface area contributed by atoms with E-state index in [1.54, 1.807) is 6.92 Å². The maximum absolute atomic E-state index is 12.3. The van der Waals surface area contributed by atoms with Crippen molar-refractivity contribution in [3.8, 4) is 0 Å². The lowest BCUT2D eigenvalue weighted by Crippen LogP contribution is -2.17. The van der Waals surface area contributed by atoms with E-state index >= 15 is 0 Å². The topological polar surface area (TPSA) is 43.4 Å². The third kappa shape index (κ3) is 2.79. The van der Waals surface area contributed by atoms with Gasteiger partial charge in [-0.25, -0.2) is 9.18 Å². The van der Waals surface area contributed by atoms with E-state index < -0.39 is 18.4 Å². The zero-order valence-corrected chi connectivity index (χ0v) is 9.38. The standard InChI is InChI=1S/C11H10ClFO3/c1-2-16-11(15)10(14)8-4-3-7(6-13)5-9(8)12/h3-5H,2,6H2,1H3. The van der Waals surface area contributed by atoms with Gasteiger partial charge >= 0.3 is 5.97 Å². The molecule has 0 bridgehead atoms. The molecule has 0 radical (unpaired) electrons. The zero-order chi connectivity index (χ0) is 12.1. The number of Topliss-reactive ketones (excluding diaryl/α,β-unsaturated/α-hetero) is 1. The Hall–Kier alpha value is -1.42. The largest absolute Gasteiger partial charge is 0.460 e. The fourth-order valence-corrected chi connectivity index (χ4v) is 1.42. The highest BCUT2D eigenvalue weighted by atomic mass is 35.5. The Bertz CT molecular complexity index is 418. The number of alkyl halides is 1. The van der Waals surface area contributed by atoms with Gasteiger partial charge in [0.15, 0.2) is 0 Å². The molecule has 1 aromatic carbocycles. The van der Waals surface area contributed by atoms with Gasteiger partial charge in [0.2, 0.25) is 0 Å². The van der Waals surface area contributed by atoms with Crippen LogP contribution in [0.5, 0.6) is 0 Å². The molecule has 0 aromatic heterocycles. The second kappa shape index (κ2) is 5.61. The lowest BCUT2D eigenvalue weighted by Gasteiger charge is -2.04. The van der Waals surface area contributed by atoms with E-state index in [0.717, 1.165) is 0 Å². The molecular formula is C11H10ClFO3. The number of carbonyl (C=O) groups is 2. The van der Waals surface area contributed by atoms with Crippen molar-refractivity contribution in [2.45, 2.75) is 13.6 Å². The number of hydrogen-bond acceptors (Lipinski definition) is 3. The number of ether oxygens (including phenoxy) is 1. The average molecular weight is 245 g/mol. The second-order valence-corrected chi connectivity index (χ2v) is 3.40. The van der Waals surface area contributed by atoms with Gasteiger partial charge in [-0.05, 0) is 24.6 Å². The second-order valence-electron chi connectivity index (χ2n) is 3.00. The molecule has 0 aliphatic heterocycles. The molecule has 86 valence electrons. The summed E-state index contributed by atoms with van der Waals surface area (Å²) in [5.74, 6) is -1.78. The van der Waals surface area contributed by atoms with Crippen molar-refractivity contribution >= 4 is 23.4 Å². The first-order valence-corrected chi connectivity index (χ1v) is 5.03. The summed E-state index contributed by atoms with van der Waals surface area (Å²) in [6.07, 6.45) is 0. The number of esters is 1. The molecule has 0 aliphatic rings. The van der Waals surface area contributed by atoms with Gasteiger partial charge < -0.3 is 4.74 Å². The Morgan fingerprint density at radius 1 is 1.44 bits per heavy atom. The molecule has 0 fully saturated rings. The highest BCUT2D eigenvalue weighted by molar-refractivity contribution is 6.45. The Kier molecular flexibility index (Phi) is 4.43. The summed E-state index contributed by atoms with van der Waals surface area (Å²) in [4.78, 5) is 22.6. The predicted molar refractivity (Wildman–Crippen MR) is 57.2 cm³/mol. The van der Waals surface area contributed by atoms with Gasteiger partial charge in [-0.3, -0.25) is 4.79 Å². The lowest BCUT2D eigenvalue weighted by molar-refractivity contribution is -0.137. The van der Waals surface area contributed by atoms with Crippen LogP contribution in [-0.2, 0) is 16.2 Å². The normalized spacial score (nSPS) is 9.94. The van der Waals surface area contributed by atoms with Crippen LogP contribution in [0, 0.1) is 0 Å². The first-order chi connectivity index (χ1) is 7.60. The summed E-state index contributed by atoms with van der Waals surface area (Å²) >= 11 is 5.75. The van der Waals surface area contributed by atoms with Gasteiger partial charge in [-0.15, -0.1) is 0 Å². The predicted octanol–water partition coefficient (Wildman–Crippen LogP) is 2.56. The minimum atomic E-state index is -0.961. The summed E-state index contributed by atoms with van der Waals surface area (Å²) in [5.41, 5.74) is 0.378. The fraction of sp³-hybridized carbons (Fsp3) is 0.273. The van der Waals surface area contributed by atoms with E-state index in [9.17, 15) is 14.0 Å². The maximum atomic E-state index is 12.3. The molecular weight excluding hydrogens is 235 g/mol. The van der Waals surface area contributed by atoms with Crippen LogP contribution in [0.4, 0.5) is 4.39 Å². The SMILES string of the molecule is CCOC(=O)C(=O)c1ccc(CF)cc1Cl. The summed E-state index contributed by atoms with van der Waals surface area (Å²) in [7, 11) is 0. The van der Waals surface area contributed by atoms with Crippen LogP contribution in [0.2, 0.25) is 5.02 Å². The van der Waals surface area contributed by atoms with Crippen LogP contribution >= 0.6 is 11.6 Å². The quantitative estimate of drug-likeness (QED) is 0.464. The Morgan fingerprint density at radius 2 is 2.12 bits per heavy atom. The lowest BCUT2D eigenvalue weighted by atomic mass is 10.1. The van der Waals surface area contributed by atoms with E-state index in [4.69, 9.17) is 11.6 Å². The van der Waals surface area contributed by atoms with Crippen molar-refractivity contribution in [1.29, 1.82) is 0 Å². The molecule has 1 rings (SSSR count). The molecule has 0 saturated heterocycles. The van der Waals surface area contributed by atoms with Crippen molar-refractivity contribution in [3.05, 3.63) is 34.3 Å². The molecule has 3 nitrogen and oxygen atoms in total. The Balaban J connectivity index is 2.96. The van der Waals surface area contributed by atoms with Gasteiger partial charge in [0.05, 0.1) is 11.6 Å². The number of halogens is 2. The first kappa shape index (κ1) is 12.6. The van der Waals surface area contributed by atoms with Crippen LogP contribution in [0.15, 0.2) is 18.2 Å². The Morgan fingerprint density at radius 3 is 2.62 bits per heavy atom. The van der Waals surface area contributed by atoms with Crippen LogP contribution in [0.1, 0.15) is 22.8 Å². The summed E-state index contributed by atoms with van der Waals surface area (Å²) in [6, 6.07) is 4.03. The first-order valence-electron chi connectivity index (χ1n) is 4.66. The maximum Gasteiger partial charge on any atom is 0.379 e. The molecule has 1 aromatic rings. The minimum absolute atomic E-state index is 0.0253. The number of ketones is 1. The van der Waals surface area contributed by atoms with Gasteiger partial charge in [0.25, 0.3) is 5.78 Å². The van der Waals surface area contributed by atoms with E-state index in [1.807, 2.05) is 0 Å². The van der Waals surface area contributed by atoms with Gasteiger partial charge in [-0.2, -0.15) is 0 Å². The van der Waals surface area contributed by atoms with Gasteiger partial charge in [0, 0.05) is 5.56 Å². The van der Waals surface area contributed by atoms with Crippen molar-refractivity contribution in [2.75, 3.05) is 6.61 Å². The average Bonchev–Trinajstić information content (AvgIpc) is 2.28. The molecule has 0 aliphatic carbocycles. The molecule has 0 atom stereocenters. The van der Waals surface area contributed by atoms with Crippen LogP contribution < -0.4 is 0 Å². The van der Waals surface area contributed by atoms with Crippen LogP contribution in [0.3, 0.4) is 0 Å². The monoisotopic (exact) mass is 244 g/mol. The van der Waals surface area contributed by atoms with Crippen molar-refractivity contribution in [1.82, 2.24) is 0 Å². The van der Waals surface area contributed by atoms with Gasteiger partial charge in [-0.1, -0.05) is 17.7 Å². The molecule has 0 spiro atoms. The molecule has 0 N–H and O–H groups in total. The third-order valence-electron chi connectivity index (χ3n) is 1.89. The minimum Gasteiger partial charge on any atom is -0.460 e. The summed E-state index contributed by atoms with van der Waals surface area (Å²) in [5, 5.41) is 0.0493. The summed E-state index contributed by atoms with van der Waals surface area (Å²) < 4.78 is 16.8. The number of rotatable bonds is 4. The van der Waals surface area contributed by atoms with Gasteiger partial charge in [0.1, 0.15) is 6.67 Å². The van der Waals surface area contributed by atoms with Crippen molar-refractivity contribution in [2.24, 2.45) is 0 Å². The molecule has 0 saturated carbocycles. The number of carbonyl (C=O) groups excluding carboxylic acids is 2. The molecule has 16 heavy (non-hydrogen) atoms. The van der Waals surface area contributed by atoms with E-state index in [-0.39, 0.29) is 17.2 Å². The molecule has 0 heterocycles. The van der Waals surface area contributed by atoms with E-state index in [0.29, 0.717) is 5.56 Å². The molecule has 0 amide bonds. The smallest absolute Gasteiger partial charge is 0.379 e. The number of hydrogen-bond donors (Lipinski definition) is 0. The van der Waals surface area contributed by atoms with Crippen molar-refractivity contribution < 1.29 is 18.7 Å². The molecule has 0 unspecified atom stereocenters. The highest BCUT2D eigenvalue weighted by Crippen LogP contribution is 2.19. The molecule has 5 heteroatoms.